The molecule has 0 fully saturated rings. The molecule has 6 heteroatoms. The summed E-state index contributed by atoms with van der Waals surface area (Å²) in [4.78, 5) is 11.8. The third kappa shape index (κ3) is 4.55. The van der Waals surface area contributed by atoms with Gasteiger partial charge in [0.2, 0.25) is 0 Å². The molecule has 0 spiro atoms. The fourth-order valence-corrected chi connectivity index (χ4v) is 1.83. The van der Waals surface area contributed by atoms with E-state index in [0.717, 1.165) is 17.7 Å². The van der Waals surface area contributed by atoms with Gasteiger partial charge in [0, 0.05) is 25.4 Å². The van der Waals surface area contributed by atoms with Gasteiger partial charge in [0.25, 0.3) is 0 Å². The largest absolute Gasteiger partial charge is 0.444 e. The average Bonchev–Trinajstić information content (AvgIpc) is 2.64. The van der Waals surface area contributed by atoms with Gasteiger partial charge < -0.3 is 15.8 Å². The average molecular weight is 268 g/mol. The van der Waals surface area contributed by atoms with Crippen molar-refractivity contribution in [2.75, 3.05) is 6.54 Å². The highest BCUT2D eigenvalue weighted by atomic mass is 16.6. The second-order valence-electron chi connectivity index (χ2n) is 5.49. The lowest BCUT2D eigenvalue weighted by Gasteiger charge is -2.23. The van der Waals surface area contributed by atoms with Crippen LogP contribution in [0.5, 0.6) is 0 Å². The maximum absolute atomic E-state index is 11.8. The first-order valence-electron chi connectivity index (χ1n) is 6.48. The van der Waals surface area contributed by atoms with E-state index >= 15 is 0 Å². The van der Waals surface area contributed by atoms with Crippen LogP contribution < -0.4 is 11.1 Å². The molecule has 3 N–H and O–H groups in total. The molecule has 19 heavy (non-hydrogen) atoms. The van der Waals surface area contributed by atoms with Crippen molar-refractivity contribution in [1.29, 1.82) is 0 Å². The number of aryl methyl sites for hydroxylation is 2. The van der Waals surface area contributed by atoms with Crippen LogP contribution in [-0.2, 0) is 18.2 Å². The summed E-state index contributed by atoms with van der Waals surface area (Å²) in [6.07, 6.45) is 2.21. The number of aromatic nitrogens is 2. The molecule has 0 saturated heterocycles. The fourth-order valence-electron chi connectivity index (χ4n) is 1.83. The molecule has 0 aromatic carbocycles. The van der Waals surface area contributed by atoms with Crippen LogP contribution >= 0.6 is 0 Å². The molecule has 1 aromatic heterocycles. The molecule has 1 atom stereocenters. The first-order chi connectivity index (χ1) is 8.76. The summed E-state index contributed by atoms with van der Waals surface area (Å²) in [5.74, 6) is 0. The number of amides is 1. The van der Waals surface area contributed by atoms with E-state index in [9.17, 15) is 4.79 Å². The highest BCUT2D eigenvalue weighted by Gasteiger charge is 2.22. The SMILES string of the molecule is CCc1nn(C)cc1C(CN)NC(=O)OC(C)(C)C. The summed E-state index contributed by atoms with van der Waals surface area (Å²) in [6, 6.07) is -0.279. The molecular weight excluding hydrogens is 244 g/mol. The zero-order valence-electron chi connectivity index (χ0n) is 12.4. The molecule has 108 valence electrons. The highest BCUT2D eigenvalue weighted by Crippen LogP contribution is 2.17. The summed E-state index contributed by atoms with van der Waals surface area (Å²) in [5.41, 5.74) is 7.10. The van der Waals surface area contributed by atoms with Crippen molar-refractivity contribution in [3.63, 3.8) is 0 Å². The van der Waals surface area contributed by atoms with Gasteiger partial charge in [0.05, 0.1) is 11.7 Å². The molecule has 1 heterocycles. The van der Waals surface area contributed by atoms with Gasteiger partial charge in [-0.15, -0.1) is 0 Å². The Kier molecular flexibility index (Phi) is 4.94. The van der Waals surface area contributed by atoms with Crippen molar-refractivity contribution >= 4 is 6.09 Å². The quantitative estimate of drug-likeness (QED) is 0.867. The van der Waals surface area contributed by atoms with E-state index in [4.69, 9.17) is 10.5 Å². The minimum absolute atomic E-state index is 0.279. The summed E-state index contributed by atoms with van der Waals surface area (Å²) in [6.45, 7) is 7.80. The molecule has 0 aliphatic carbocycles. The van der Waals surface area contributed by atoms with E-state index in [2.05, 4.69) is 10.4 Å². The molecule has 1 unspecified atom stereocenters. The lowest BCUT2D eigenvalue weighted by atomic mass is 10.1. The maximum atomic E-state index is 11.8. The molecular formula is C13H24N4O2. The Morgan fingerprint density at radius 1 is 1.58 bits per heavy atom. The van der Waals surface area contributed by atoms with E-state index in [1.807, 2.05) is 40.9 Å². The summed E-state index contributed by atoms with van der Waals surface area (Å²) < 4.78 is 6.97. The molecule has 0 saturated carbocycles. The van der Waals surface area contributed by atoms with Crippen molar-refractivity contribution in [2.24, 2.45) is 12.8 Å². The highest BCUT2D eigenvalue weighted by molar-refractivity contribution is 5.68. The standard InChI is InChI=1S/C13H24N4O2/c1-6-10-9(8-17(5)16-10)11(7-14)15-12(18)19-13(2,3)4/h8,11H,6-7,14H2,1-5H3,(H,15,18). The van der Waals surface area contributed by atoms with Crippen LogP contribution in [0.1, 0.15) is 45.0 Å². The topological polar surface area (TPSA) is 82.2 Å². The van der Waals surface area contributed by atoms with Gasteiger partial charge in [-0.05, 0) is 27.2 Å². The zero-order chi connectivity index (χ0) is 14.6. The van der Waals surface area contributed by atoms with Gasteiger partial charge >= 0.3 is 6.09 Å². The van der Waals surface area contributed by atoms with Gasteiger partial charge in [-0.3, -0.25) is 4.68 Å². The van der Waals surface area contributed by atoms with Gasteiger partial charge in [0.15, 0.2) is 0 Å². The molecule has 0 aliphatic heterocycles. The van der Waals surface area contributed by atoms with Crippen LogP contribution in [0.25, 0.3) is 0 Å². The fraction of sp³-hybridized carbons (Fsp3) is 0.692. The Morgan fingerprint density at radius 3 is 2.68 bits per heavy atom. The third-order valence-corrected chi connectivity index (χ3v) is 2.57. The van der Waals surface area contributed by atoms with Crippen LogP contribution in [0.4, 0.5) is 4.79 Å². The number of ether oxygens (including phenoxy) is 1. The number of nitrogens with one attached hydrogen (secondary N) is 1. The smallest absolute Gasteiger partial charge is 0.408 e. The van der Waals surface area contributed by atoms with E-state index in [-0.39, 0.29) is 6.04 Å². The van der Waals surface area contributed by atoms with E-state index in [1.54, 1.807) is 4.68 Å². The van der Waals surface area contributed by atoms with Gasteiger partial charge in [-0.25, -0.2) is 4.79 Å². The van der Waals surface area contributed by atoms with E-state index < -0.39 is 11.7 Å². The van der Waals surface area contributed by atoms with Gasteiger partial charge in [-0.1, -0.05) is 6.92 Å². The molecule has 6 nitrogen and oxygen atoms in total. The Bertz CT molecular complexity index is 434. The molecule has 1 amide bonds. The minimum atomic E-state index is -0.522. The third-order valence-electron chi connectivity index (χ3n) is 2.57. The number of hydrogen-bond donors (Lipinski definition) is 2. The number of nitrogens with two attached hydrogens (primary N) is 1. The molecule has 0 aliphatic rings. The first kappa shape index (κ1) is 15.5. The van der Waals surface area contributed by atoms with Crippen molar-refractivity contribution in [1.82, 2.24) is 15.1 Å². The Balaban J connectivity index is 2.80. The summed E-state index contributed by atoms with van der Waals surface area (Å²) in [7, 11) is 1.85. The Labute approximate surface area is 114 Å². The van der Waals surface area contributed by atoms with E-state index in [1.165, 1.54) is 0 Å². The van der Waals surface area contributed by atoms with Crippen LogP contribution in [0, 0.1) is 0 Å². The number of alkyl carbamates (subject to hydrolysis) is 1. The maximum Gasteiger partial charge on any atom is 0.408 e. The monoisotopic (exact) mass is 268 g/mol. The van der Waals surface area contributed by atoms with Gasteiger partial charge in [-0.2, -0.15) is 5.10 Å². The molecule has 1 rings (SSSR count). The summed E-state index contributed by atoms with van der Waals surface area (Å²) in [5, 5.41) is 7.14. The zero-order valence-corrected chi connectivity index (χ0v) is 12.4. The predicted molar refractivity (Wildman–Crippen MR) is 73.8 cm³/mol. The Hall–Kier alpha value is -1.56. The van der Waals surface area contributed by atoms with Crippen molar-refractivity contribution in [3.8, 4) is 0 Å². The summed E-state index contributed by atoms with van der Waals surface area (Å²) >= 11 is 0. The number of carbonyl (C=O) groups excluding carboxylic acids is 1. The van der Waals surface area contributed by atoms with Crippen molar-refractivity contribution in [2.45, 2.75) is 45.8 Å². The van der Waals surface area contributed by atoms with Gasteiger partial charge in [0.1, 0.15) is 5.60 Å². The lowest BCUT2D eigenvalue weighted by molar-refractivity contribution is 0.0505. The van der Waals surface area contributed by atoms with Crippen LogP contribution in [-0.4, -0.2) is 28.0 Å². The number of rotatable bonds is 4. The molecule has 0 bridgehead atoms. The second-order valence-corrected chi connectivity index (χ2v) is 5.49. The second kappa shape index (κ2) is 6.06. The lowest BCUT2D eigenvalue weighted by Crippen LogP contribution is -2.38. The minimum Gasteiger partial charge on any atom is -0.444 e. The first-order valence-corrected chi connectivity index (χ1v) is 6.48. The van der Waals surface area contributed by atoms with Crippen LogP contribution in [0.3, 0.4) is 0 Å². The number of carbonyl (C=O) groups is 1. The predicted octanol–water partition coefficient (Wildman–Crippen LogP) is 1.51. The van der Waals surface area contributed by atoms with Crippen molar-refractivity contribution in [3.05, 3.63) is 17.5 Å². The number of hydrogen-bond acceptors (Lipinski definition) is 4. The van der Waals surface area contributed by atoms with E-state index in [0.29, 0.717) is 6.54 Å². The normalized spacial score (nSPS) is 13.2. The molecule has 0 radical (unpaired) electrons. The van der Waals surface area contributed by atoms with Crippen LogP contribution in [0.15, 0.2) is 6.20 Å². The van der Waals surface area contributed by atoms with Crippen LogP contribution in [0.2, 0.25) is 0 Å². The number of nitrogens with zero attached hydrogens (tertiary/aromatic N) is 2. The Morgan fingerprint density at radius 2 is 2.21 bits per heavy atom. The van der Waals surface area contributed by atoms with Crippen molar-refractivity contribution < 1.29 is 9.53 Å². The molecule has 1 aromatic rings.